The molecule has 0 spiro atoms. The molecule has 2 aromatic carbocycles. The van der Waals surface area contributed by atoms with E-state index in [2.05, 4.69) is 10.6 Å². The Labute approximate surface area is 146 Å². The van der Waals surface area contributed by atoms with Crippen molar-refractivity contribution in [2.75, 3.05) is 32.0 Å². The van der Waals surface area contributed by atoms with Crippen molar-refractivity contribution in [2.24, 2.45) is 0 Å². The Hall–Kier alpha value is -2.93. The standard InChI is InChI=1S/C18H22N4O3/c1-21(13-15-5-3-2-4-6-15)14-18(23)20-12-11-19-16-7-9-17(10-8-16)22(24)25/h2-10,19H,11-14H2,1H3,(H,20,23). The number of carbonyl (C=O) groups excluding carboxylic acids is 1. The lowest BCUT2D eigenvalue weighted by molar-refractivity contribution is -0.384. The quantitative estimate of drug-likeness (QED) is 0.415. The number of non-ortho nitro benzene ring substituents is 1. The second kappa shape index (κ2) is 9.39. The highest BCUT2D eigenvalue weighted by Crippen LogP contribution is 2.14. The van der Waals surface area contributed by atoms with Crippen LogP contribution in [0.1, 0.15) is 5.56 Å². The zero-order valence-corrected chi connectivity index (χ0v) is 14.1. The number of benzene rings is 2. The molecule has 0 bridgehead atoms. The maximum absolute atomic E-state index is 11.9. The molecule has 132 valence electrons. The Balaban J connectivity index is 1.64. The van der Waals surface area contributed by atoms with E-state index in [1.165, 1.54) is 12.1 Å². The minimum Gasteiger partial charge on any atom is -0.383 e. The summed E-state index contributed by atoms with van der Waals surface area (Å²) in [7, 11) is 1.90. The largest absolute Gasteiger partial charge is 0.383 e. The van der Waals surface area contributed by atoms with Crippen molar-refractivity contribution in [1.82, 2.24) is 10.2 Å². The van der Waals surface area contributed by atoms with Crippen LogP contribution in [0.2, 0.25) is 0 Å². The first-order chi connectivity index (χ1) is 12.0. The molecule has 0 unspecified atom stereocenters. The molecule has 7 nitrogen and oxygen atoms in total. The minimum absolute atomic E-state index is 0.0380. The fourth-order valence-electron chi connectivity index (χ4n) is 2.36. The van der Waals surface area contributed by atoms with E-state index < -0.39 is 4.92 Å². The number of rotatable bonds is 9. The van der Waals surface area contributed by atoms with E-state index in [4.69, 9.17) is 0 Å². The van der Waals surface area contributed by atoms with E-state index in [1.54, 1.807) is 12.1 Å². The van der Waals surface area contributed by atoms with Gasteiger partial charge in [-0.15, -0.1) is 0 Å². The summed E-state index contributed by atoms with van der Waals surface area (Å²) in [5.41, 5.74) is 2.00. The van der Waals surface area contributed by atoms with Crippen molar-refractivity contribution in [1.29, 1.82) is 0 Å². The molecule has 0 radical (unpaired) electrons. The van der Waals surface area contributed by atoms with E-state index in [9.17, 15) is 14.9 Å². The molecule has 0 aliphatic heterocycles. The molecule has 2 N–H and O–H groups in total. The van der Waals surface area contributed by atoms with Crippen LogP contribution in [0.4, 0.5) is 11.4 Å². The number of nitrogens with one attached hydrogen (secondary N) is 2. The van der Waals surface area contributed by atoms with Gasteiger partial charge in [-0.3, -0.25) is 19.8 Å². The Morgan fingerprint density at radius 2 is 1.76 bits per heavy atom. The molecular formula is C18H22N4O3. The van der Waals surface area contributed by atoms with Crippen molar-refractivity contribution in [2.45, 2.75) is 6.54 Å². The van der Waals surface area contributed by atoms with Crippen LogP contribution in [0.5, 0.6) is 0 Å². The van der Waals surface area contributed by atoms with E-state index in [1.807, 2.05) is 42.3 Å². The van der Waals surface area contributed by atoms with Crippen LogP contribution in [0, 0.1) is 10.1 Å². The normalized spacial score (nSPS) is 10.5. The van der Waals surface area contributed by atoms with Gasteiger partial charge in [0, 0.05) is 37.5 Å². The molecule has 0 aliphatic carbocycles. The summed E-state index contributed by atoms with van der Waals surface area (Å²) in [6.07, 6.45) is 0. The smallest absolute Gasteiger partial charge is 0.269 e. The number of nitro benzene ring substituents is 1. The highest BCUT2D eigenvalue weighted by molar-refractivity contribution is 5.78. The lowest BCUT2D eigenvalue weighted by Crippen LogP contribution is -2.37. The number of nitro groups is 1. The van der Waals surface area contributed by atoms with Gasteiger partial charge in [-0.25, -0.2) is 0 Å². The Morgan fingerprint density at radius 3 is 2.40 bits per heavy atom. The first kappa shape index (κ1) is 18.4. The molecule has 25 heavy (non-hydrogen) atoms. The number of nitrogens with zero attached hydrogens (tertiary/aromatic N) is 2. The molecule has 2 rings (SSSR count). The zero-order valence-electron chi connectivity index (χ0n) is 14.1. The number of hydrogen-bond donors (Lipinski definition) is 2. The van der Waals surface area contributed by atoms with Crippen molar-refractivity contribution in [3.63, 3.8) is 0 Å². The van der Waals surface area contributed by atoms with Crippen molar-refractivity contribution < 1.29 is 9.72 Å². The van der Waals surface area contributed by atoms with E-state index in [0.29, 0.717) is 19.6 Å². The van der Waals surface area contributed by atoms with Gasteiger partial charge in [0.2, 0.25) is 5.91 Å². The summed E-state index contributed by atoms with van der Waals surface area (Å²) in [5.74, 6) is -0.0380. The Bertz CT molecular complexity index is 689. The minimum atomic E-state index is -0.435. The van der Waals surface area contributed by atoms with E-state index >= 15 is 0 Å². The SMILES string of the molecule is CN(CC(=O)NCCNc1ccc([N+](=O)[O-])cc1)Cc1ccccc1. The summed E-state index contributed by atoms with van der Waals surface area (Å²) in [6.45, 7) is 2.07. The van der Waals surface area contributed by atoms with Crippen LogP contribution in [-0.4, -0.2) is 42.4 Å². The van der Waals surface area contributed by atoms with Gasteiger partial charge in [0.05, 0.1) is 11.5 Å². The number of hydrogen-bond acceptors (Lipinski definition) is 5. The molecule has 7 heteroatoms. The molecule has 2 aromatic rings. The molecule has 1 amide bonds. The second-order valence-electron chi connectivity index (χ2n) is 5.74. The average molecular weight is 342 g/mol. The van der Waals surface area contributed by atoms with E-state index in [0.717, 1.165) is 17.8 Å². The number of carbonyl (C=O) groups is 1. The fourth-order valence-corrected chi connectivity index (χ4v) is 2.36. The molecule has 0 saturated carbocycles. The van der Waals surface area contributed by atoms with Gasteiger partial charge in [0.1, 0.15) is 0 Å². The average Bonchev–Trinajstić information content (AvgIpc) is 2.60. The topological polar surface area (TPSA) is 87.5 Å². The van der Waals surface area contributed by atoms with Crippen LogP contribution >= 0.6 is 0 Å². The van der Waals surface area contributed by atoms with Crippen molar-refractivity contribution >= 4 is 17.3 Å². The lowest BCUT2D eigenvalue weighted by atomic mass is 10.2. The second-order valence-corrected chi connectivity index (χ2v) is 5.74. The van der Waals surface area contributed by atoms with Crippen LogP contribution in [0.15, 0.2) is 54.6 Å². The van der Waals surface area contributed by atoms with Crippen LogP contribution in [0.3, 0.4) is 0 Å². The first-order valence-corrected chi connectivity index (χ1v) is 8.02. The molecule has 0 aromatic heterocycles. The van der Waals surface area contributed by atoms with Gasteiger partial charge in [-0.1, -0.05) is 30.3 Å². The Kier molecular flexibility index (Phi) is 6.91. The van der Waals surface area contributed by atoms with Gasteiger partial charge in [-0.05, 0) is 24.7 Å². The summed E-state index contributed by atoms with van der Waals surface area (Å²) in [6, 6.07) is 16.2. The van der Waals surface area contributed by atoms with Crippen LogP contribution < -0.4 is 10.6 Å². The number of likely N-dealkylation sites (N-methyl/N-ethyl adjacent to an activating group) is 1. The highest BCUT2D eigenvalue weighted by Gasteiger charge is 2.07. The fraction of sp³-hybridized carbons (Fsp3) is 0.278. The summed E-state index contributed by atoms with van der Waals surface area (Å²) >= 11 is 0. The van der Waals surface area contributed by atoms with Gasteiger partial charge >= 0.3 is 0 Å². The summed E-state index contributed by atoms with van der Waals surface area (Å²) in [4.78, 5) is 24.0. The van der Waals surface area contributed by atoms with Gasteiger partial charge in [0.25, 0.3) is 5.69 Å². The molecule has 0 atom stereocenters. The molecular weight excluding hydrogens is 320 g/mol. The maximum Gasteiger partial charge on any atom is 0.269 e. The summed E-state index contributed by atoms with van der Waals surface area (Å²) < 4.78 is 0. The van der Waals surface area contributed by atoms with Gasteiger partial charge < -0.3 is 10.6 Å². The maximum atomic E-state index is 11.9. The first-order valence-electron chi connectivity index (χ1n) is 8.02. The summed E-state index contributed by atoms with van der Waals surface area (Å²) in [5, 5.41) is 16.5. The third kappa shape index (κ3) is 6.60. The third-order valence-corrected chi connectivity index (χ3v) is 3.56. The lowest BCUT2D eigenvalue weighted by Gasteiger charge is -2.16. The molecule has 0 heterocycles. The van der Waals surface area contributed by atoms with Gasteiger partial charge in [-0.2, -0.15) is 0 Å². The van der Waals surface area contributed by atoms with Crippen molar-refractivity contribution in [3.8, 4) is 0 Å². The highest BCUT2D eigenvalue weighted by atomic mass is 16.6. The monoisotopic (exact) mass is 342 g/mol. The van der Waals surface area contributed by atoms with Crippen LogP contribution in [-0.2, 0) is 11.3 Å². The number of anilines is 1. The van der Waals surface area contributed by atoms with Crippen LogP contribution in [0.25, 0.3) is 0 Å². The van der Waals surface area contributed by atoms with Crippen molar-refractivity contribution in [3.05, 3.63) is 70.3 Å². The number of amides is 1. The molecule has 0 saturated heterocycles. The third-order valence-electron chi connectivity index (χ3n) is 3.56. The predicted octanol–water partition coefficient (Wildman–Crippen LogP) is 2.25. The molecule has 0 aliphatic rings. The van der Waals surface area contributed by atoms with Gasteiger partial charge in [0.15, 0.2) is 0 Å². The van der Waals surface area contributed by atoms with E-state index in [-0.39, 0.29) is 11.6 Å². The zero-order chi connectivity index (χ0) is 18.1. The predicted molar refractivity (Wildman–Crippen MR) is 97.4 cm³/mol. The molecule has 0 fully saturated rings. The Morgan fingerprint density at radius 1 is 1.08 bits per heavy atom.